The van der Waals surface area contributed by atoms with Gasteiger partial charge in [0, 0.05) is 6.54 Å². The van der Waals surface area contributed by atoms with Gasteiger partial charge in [-0.25, -0.2) is 0 Å². The van der Waals surface area contributed by atoms with Crippen molar-refractivity contribution in [2.24, 2.45) is 5.92 Å². The van der Waals surface area contributed by atoms with E-state index in [2.05, 4.69) is 24.5 Å². The van der Waals surface area contributed by atoms with E-state index in [-0.39, 0.29) is 11.9 Å². The predicted molar refractivity (Wildman–Crippen MR) is 51.0 cm³/mol. The number of amides is 1. The molecule has 1 atom stereocenters. The maximum Gasteiger partial charge on any atom is 0.236 e. The lowest BCUT2D eigenvalue weighted by Gasteiger charge is -2.11. The molecule has 1 amide bonds. The summed E-state index contributed by atoms with van der Waals surface area (Å²) in [7, 11) is 1.78. The molecule has 0 aliphatic heterocycles. The van der Waals surface area contributed by atoms with Crippen LogP contribution in [0.5, 0.6) is 0 Å². The lowest BCUT2D eigenvalue weighted by Crippen LogP contribution is -2.40. The van der Waals surface area contributed by atoms with Crippen LogP contribution < -0.4 is 10.6 Å². The molecule has 0 spiro atoms. The van der Waals surface area contributed by atoms with E-state index in [9.17, 15) is 4.79 Å². The molecule has 0 saturated heterocycles. The van der Waals surface area contributed by atoms with Crippen molar-refractivity contribution < 1.29 is 4.79 Å². The molecule has 0 aromatic rings. The second kappa shape index (κ2) is 6.00. The molecule has 0 heterocycles. The Balaban J connectivity index is 3.44. The number of likely N-dealkylation sites (N-methyl/N-ethyl adjacent to an activating group) is 1. The minimum Gasteiger partial charge on any atom is -0.355 e. The van der Waals surface area contributed by atoms with Gasteiger partial charge in [0.25, 0.3) is 0 Å². The van der Waals surface area contributed by atoms with Crippen molar-refractivity contribution in [1.29, 1.82) is 0 Å². The molecule has 2 N–H and O–H groups in total. The number of rotatable bonds is 5. The van der Waals surface area contributed by atoms with Gasteiger partial charge in [-0.05, 0) is 26.3 Å². The van der Waals surface area contributed by atoms with Crippen molar-refractivity contribution in [3.05, 3.63) is 0 Å². The fourth-order valence-corrected chi connectivity index (χ4v) is 0.768. The topological polar surface area (TPSA) is 41.1 Å². The van der Waals surface area contributed by atoms with Crippen molar-refractivity contribution >= 4 is 5.91 Å². The van der Waals surface area contributed by atoms with Crippen LogP contribution in [-0.4, -0.2) is 25.5 Å². The van der Waals surface area contributed by atoms with Gasteiger partial charge in [-0.15, -0.1) is 0 Å². The molecule has 0 aromatic carbocycles. The molecule has 0 aromatic heterocycles. The molecule has 12 heavy (non-hydrogen) atoms. The monoisotopic (exact) mass is 172 g/mol. The van der Waals surface area contributed by atoms with Crippen molar-refractivity contribution in [3.8, 4) is 0 Å². The number of hydrogen-bond donors (Lipinski definition) is 2. The van der Waals surface area contributed by atoms with E-state index in [1.54, 1.807) is 7.05 Å². The third-order valence-corrected chi connectivity index (χ3v) is 1.85. The van der Waals surface area contributed by atoms with Crippen molar-refractivity contribution in [3.63, 3.8) is 0 Å². The van der Waals surface area contributed by atoms with Crippen LogP contribution in [0.15, 0.2) is 0 Å². The molecule has 0 aliphatic rings. The normalized spacial score (nSPS) is 13.1. The third-order valence-electron chi connectivity index (χ3n) is 1.85. The molecule has 0 bridgehead atoms. The summed E-state index contributed by atoms with van der Waals surface area (Å²) in [5.74, 6) is 0.730. The second-order valence-corrected chi connectivity index (χ2v) is 3.48. The first-order chi connectivity index (χ1) is 5.57. The van der Waals surface area contributed by atoms with Gasteiger partial charge in [-0.2, -0.15) is 0 Å². The Kier molecular flexibility index (Phi) is 5.72. The quantitative estimate of drug-likeness (QED) is 0.642. The molecule has 0 radical (unpaired) electrons. The zero-order chi connectivity index (χ0) is 9.56. The Morgan fingerprint density at radius 3 is 2.33 bits per heavy atom. The highest BCUT2D eigenvalue weighted by Gasteiger charge is 2.08. The van der Waals surface area contributed by atoms with Gasteiger partial charge in [0.05, 0.1) is 6.04 Å². The average Bonchev–Trinajstić information content (AvgIpc) is 2.02. The van der Waals surface area contributed by atoms with E-state index in [1.165, 1.54) is 0 Å². The first-order valence-electron chi connectivity index (χ1n) is 4.53. The standard InChI is InChI=1S/C9H20N2O/c1-7(2)5-6-11-9(12)8(3)10-4/h7-8,10H,5-6H2,1-4H3,(H,11,12). The summed E-state index contributed by atoms with van der Waals surface area (Å²) in [6.45, 7) is 6.93. The maximum absolute atomic E-state index is 11.2. The van der Waals surface area contributed by atoms with E-state index in [4.69, 9.17) is 0 Å². The van der Waals surface area contributed by atoms with Gasteiger partial charge in [-0.3, -0.25) is 4.79 Å². The molecule has 0 rings (SSSR count). The van der Waals surface area contributed by atoms with Crippen LogP contribution >= 0.6 is 0 Å². The second-order valence-electron chi connectivity index (χ2n) is 3.48. The molecule has 3 nitrogen and oxygen atoms in total. The summed E-state index contributed by atoms with van der Waals surface area (Å²) in [6.07, 6.45) is 1.04. The minimum absolute atomic E-state index is 0.0816. The van der Waals surface area contributed by atoms with Crippen molar-refractivity contribution in [2.45, 2.75) is 33.2 Å². The van der Waals surface area contributed by atoms with Gasteiger partial charge >= 0.3 is 0 Å². The number of carbonyl (C=O) groups excluding carboxylic acids is 1. The summed E-state index contributed by atoms with van der Waals surface area (Å²) in [6, 6.07) is -0.0860. The fraction of sp³-hybridized carbons (Fsp3) is 0.889. The van der Waals surface area contributed by atoms with Crippen LogP contribution in [-0.2, 0) is 4.79 Å². The van der Waals surface area contributed by atoms with E-state index in [1.807, 2.05) is 6.92 Å². The highest BCUT2D eigenvalue weighted by Crippen LogP contribution is 1.96. The Morgan fingerprint density at radius 2 is 1.92 bits per heavy atom. The molecule has 0 saturated carbocycles. The summed E-state index contributed by atoms with van der Waals surface area (Å²) < 4.78 is 0. The molecule has 1 unspecified atom stereocenters. The SMILES string of the molecule is CNC(C)C(=O)NCCC(C)C. The van der Waals surface area contributed by atoms with Crippen LogP contribution in [0.1, 0.15) is 27.2 Å². The Bertz CT molecular complexity index is 134. The van der Waals surface area contributed by atoms with Crippen LogP contribution in [0.4, 0.5) is 0 Å². The molecule has 0 fully saturated rings. The highest BCUT2D eigenvalue weighted by atomic mass is 16.2. The summed E-state index contributed by atoms with van der Waals surface area (Å²) in [5.41, 5.74) is 0. The van der Waals surface area contributed by atoms with E-state index < -0.39 is 0 Å². The third kappa shape index (κ3) is 5.13. The van der Waals surface area contributed by atoms with Crippen LogP contribution in [0.25, 0.3) is 0 Å². The molecular formula is C9H20N2O. The van der Waals surface area contributed by atoms with Gasteiger partial charge in [-0.1, -0.05) is 13.8 Å². The molecule has 3 heteroatoms. The number of carbonyl (C=O) groups is 1. The molecular weight excluding hydrogens is 152 g/mol. The highest BCUT2D eigenvalue weighted by molar-refractivity contribution is 5.81. The average molecular weight is 172 g/mol. The zero-order valence-electron chi connectivity index (χ0n) is 8.48. The van der Waals surface area contributed by atoms with Crippen LogP contribution in [0.3, 0.4) is 0 Å². The van der Waals surface area contributed by atoms with E-state index in [0.717, 1.165) is 13.0 Å². The van der Waals surface area contributed by atoms with Gasteiger partial charge in [0.15, 0.2) is 0 Å². The Hall–Kier alpha value is -0.570. The van der Waals surface area contributed by atoms with Crippen LogP contribution in [0, 0.1) is 5.92 Å². The number of hydrogen-bond acceptors (Lipinski definition) is 2. The van der Waals surface area contributed by atoms with Gasteiger partial charge in [0.1, 0.15) is 0 Å². The lowest BCUT2D eigenvalue weighted by atomic mass is 10.1. The Morgan fingerprint density at radius 1 is 1.33 bits per heavy atom. The van der Waals surface area contributed by atoms with Crippen molar-refractivity contribution in [2.75, 3.05) is 13.6 Å². The maximum atomic E-state index is 11.2. The van der Waals surface area contributed by atoms with Gasteiger partial charge in [0.2, 0.25) is 5.91 Å². The molecule has 0 aliphatic carbocycles. The van der Waals surface area contributed by atoms with Gasteiger partial charge < -0.3 is 10.6 Å². The molecule has 72 valence electrons. The van der Waals surface area contributed by atoms with Crippen molar-refractivity contribution in [1.82, 2.24) is 10.6 Å². The van der Waals surface area contributed by atoms with E-state index in [0.29, 0.717) is 5.92 Å². The van der Waals surface area contributed by atoms with Crippen LogP contribution in [0.2, 0.25) is 0 Å². The summed E-state index contributed by atoms with van der Waals surface area (Å²) in [4.78, 5) is 11.2. The largest absolute Gasteiger partial charge is 0.355 e. The number of nitrogens with one attached hydrogen (secondary N) is 2. The van der Waals surface area contributed by atoms with E-state index >= 15 is 0 Å². The Labute approximate surface area is 74.9 Å². The first-order valence-corrected chi connectivity index (χ1v) is 4.53. The minimum atomic E-state index is -0.0860. The summed E-state index contributed by atoms with van der Waals surface area (Å²) in [5, 5.41) is 5.75. The smallest absolute Gasteiger partial charge is 0.236 e. The summed E-state index contributed by atoms with van der Waals surface area (Å²) >= 11 is 0. The lowest BCUT2D eigenvalue weighted by molar-refractivity contribution is -0.122. The zero-order valence-corrected chi connectivity index (χ0v) is 8.48. The first kappa shape index (κ1) is 11.4. The predicted octanol–water partition coefficient (Wildman–Crippen LogP) is 0.757. The fourth-order valence-electron chi connectivity index (χ4n) is 0.768.